The molecule has 1 spiro atoms. The minimum atomic E-state index is -0.833. The zero-order valence-corrected chi connectivity index (χ0v) is 23.7. The smallest absolute Gasteiger partial charge is 0.246 e. The Balaban J connectivity index is 1.26. The molecule has 40 heavy (non-hydrogen) atoms. The van der Waals surface area contributed by atoms with Crippen LogP contribution in [0.3, 0.4) is 0 Å². The van der Waals surface area contributed by atoms with Gasteiger partial charge < -0.3 is 30.7 Å². The van der Waals surface area contributed by atoms with Crippen LogP contribution in [-0.2, 0) is 17.8 Å². The number of nitrogens with one attached hydrogen (secondary N) is 4. The lowest BCUT2D eigenvalue weighted by Crippen LogP contribution is -2.55. The summed E-state index contributed by atoms with van der Waals surface area (Å²) in [5, 5.41) is 24.7. The third kappa shape index (κ3) is 7.43. The number of piperazine rings is 1. The third-order valence-electron chi connectivity index (χ3n) is 8.49. The van der Waals surface area contributed by atoms with Crippen molar-refractivity contribution in [2.45, 2.75) is 75.9 Å². The maximum Gasteiger partial charge on any atom is 0.246 e. The molecule has 5 rings (SSSR count). The second-order valence-electron chi connectivity index (χ2n) is 11.4. The lowest BCUT2D eigenvalue weighted by Gasteiger charge is -2.41. The molecule has 3 atom stereocenters. The molecule has 216 valence electrons. The number of aryl methyl sites for hydroxylation is 1. The van der Waals surface area contributed by atoms with E-state index in [0.717, 1.165) is 63.2 Å². The van der Waals surface area contributed by atoms with Crippen molar-refractivity contribution in [3.05, 3.63) is 77.5 Å². The SMILES string of the molecule is CCc1ccc2c(c1)[C@@H](NC[C@@H](O)[C@@H](NCc1ccccc1)NC(=O)/C=C/N1CCNCC1)CC1(CCCC1)O2. The van der Waals surface area contributed by atoms with Gasteiger partial charge in [-0.05, 0) is 49.3 Å². The van der Waals surface area contributed by atoms with Crippen molar-refractivity contribution in [3.63, 3.8) is 0 Å². The fourth-order valence-corrected chi connectivity index (χ4v) is 6.14. The molecule has 2 aromatic carbocycles. The molecule has 2 heterocycles. The average Bonchev–Trinajstić information content (AvgIpc) is 3.44. The highest BCUT2D eigenvalue weighted by atomic mass is 16.5. The molecule has 5 N–H and O–H groups in total. The largest absolute Gasteiger partial charge is 0.487 e. The number of aliphatic hydroxyl groups excluding tert-OH is 1. The van der Waals surface area contributed by atoms with Gasteiger partial charge in [-0.25, -0.2) is 0 Å². The number of ether oxygens (including phenoxy) is 1. The van der Waals surface area contributed by atoms with E-state index in [1.165, 1.54) is 24.0 Å². The Hall–Kier alpha value is -2.91. The van der Waals surface area contributed by atoms with E-state index in [2.05, 4.69) is 51.3 Å². The van der Waals surface area contributed by atoms with E-state index in [4.69, 9.17) is 4.74 Å². The normalized spacial score (nSPS) is 21.6. The van der Waals surface area contributed by atoms with Crippen LogP contribution in [0.25, 0.3) is 0 Å². The van der Waals surface area contributed by atoms with Crippen LogP contribution in [0.5, 0.6) is 5.75 Å². The molecule has 1 amide bonds. The second kappa shape index (κ2) is 13.6. The van der Waals surface area contributed by atoms with E-state index in [1.54, 1.807) is 6.08 Å². The summed E-state index contributed by atoms with van der Waals surface area (Å²) >= 11 is 0. The summed E-state index contributed by atoms with van der Waals surface area (Å²) in [6.45, 7) is 6.61. The van der Waals surface area contributed by atoms with E-state index in [-0.39, 0.29) is 17.6 Å². The first-order valence-corrected chi connectivity index (χ1v) is 15.0. The van der Waals surface area contributed by atoms with E-state index < -0.39 is 12.3 Å². The molecule has 8 nitrogen and oxygen atoms in total. The van der Waals surface area contributed by atoms with E-state index in [9.17, 15) is 9.90 Å². The summed E-state index contributed by atoms with van der Waals surface area (Å²) in [6.07, 6.45) is 8.34. The van der Waals surface area contributed by atoms with E-state index >= 15 is 0 Å². The minimum Gasteiger partial charge on any atom is -0.487 e. The van der Waals surface area contributed by atoms with Gasteiger partial charge in [0.15, 0.2) is 0 Å². The highest BCUT2D eigenvalue weighted by Gasteiger charge is 2.43. The van der Waals surface area contributed by atoms with Gasteiger partial charge in [0, 0.05) is 69.6 Å². The van der Waals surface area contributed by atoms with Crippen LogP contribution in [0.4, 0.5) is 0 Å². The maximum atomic E-state index is 12.9. The number of rotatable bonds is 11. The van der Waals surface area contributed by atoms with E-state index in [1.807, 2.05) is 36.5 Å². The Morgan fingerprint density at radius 3 is 2.67 bits per heavy atom. The van der Waals surface area contributed by atoms with Gasteiger partial charge in [0.2, 0.25) is 5.91 Å². The van der Waals surface area contributed by atoms with Crippen molar-refractivity contribution >= 4 is 5.91 Å². The number of carbonyl (C=O) groups is 1. The number of benzene rings is 2. The zero-order chi connectivity index (χ0) is 27.8. The van der Waals surface area contributed by atoms with Crippen LogP contribution in [0.15, 0.2) is 60.8 Å². The van der Waals surface area contributed by atoms with Crippen molar-refractivity contribution in [1.82, 2.24) is 26.2 Å². The van der Waals surface area contributed by atoms with Gasteiger partial charge in [0.25, 0.3) is 0 Å². The van der Waals surface area contributed by atoms with Crippen LogP contribution in [0, 0.1) is 0 Å². The van der Waals surface area contributed by atoms with Gasteiger partial charge in [-0.2, -0.15) is 0 Å². The lowest BCUT2D eigenvalue weighted by molar-refractivity contribution is -0.118. The van der Waals surface area contributed by atoms with Crippen LogP contribution in [0.1, 0.15) is 61.8 Å². The highest BCUT2D eigenvalue weighted by Crippen LogP contribution is 2.47. The zero-order valence-electron chi connectivity index (χ0n) is 23.7. The van der Waals surface area contributed by atoms with Crippen LogP contribution in [0.2, 0.25) is 0 Å². The number of aliphatic hydroxyl groups is 1. The molecule has 2 fully saturated rings. The second-order valence-corrected chi connectivity index (χ2v) is 11.4. The quantitative estimate of drug-likeness (QED) is 0.218. The Morgan fingerprint density at radius 2 is 1.93 bits per heavy atom. The fraction of sp³-hybridized carbons (Fsp3) is 0.531. The number of amides is 1. The summed E-state index contributed by atoms with van der Waals surface area (Å²) in [7, 11) is 0. The Labute approximate surface area is 238 Å². The predicted molar refractivity (Wildman–Crippen MR) is 158 cm³/mol. The number of carbonyl (C=O) groups excluding carboxylic acids is 1. The average molecular weight is 548 g/mol. The Morgan fingerprint density at radius 1 is 1.15 bits per heavy atom. The van der Waals surface area contributed by atoms with Gasteiger partial charge in [-0.1, -0.05) is 49.4 Å². The summed E-state index contributed by atoms with van der Waals surface area (Å²) in [6, 6.07) is 16.6. The maximum absolute atomic E-state index is 12.9. The predicted octanol–water partition coefficient (Wildman–Crippen LogP) is 2.99. The molecule has 3 aliphatic rings. The van der Waals surface area contributed by atoms with Crippen LogP contribution in [-0.4, -0.2) is 66.5 Å². The number of hydrogen-bond acceptors (Lipinski definition) is 7. The molecule has 2 aromatic rings. The molecule has 8 heteroatoms. The highest BCUT2D eigenvalue weighted by molar-refractivity contribution is 5.87. The summed E-state index contributed by atoms with van der Waals surface area (Å²) in [5.41, 5.74) is 3.41. The van der Waals surface area contributed by atoms with E-state index in [0.29, 0.717) is 13.1 Å². The minimum absolute atomic E-state index is 0.0843. The molecule has 1 saturated heterocycles. The fourth-order valence-electron chi connectivity index (χ4n) is 6.14. The molecule has 0 radical (unpaired) electrons. The van der Waals surface area contributed by atoms with Crippen molar-refractivity contribution < 1.29 is 14.6 Å². The van der Waals surface area contributed by atoms with Gasteiger partial charge >= 0.3 is 0 Å². The van der Waals surface area contributed by atoms with Crippen molar-refractivity contribution in [2.24, 2.45) is 0 Å². The van der Waals surface area contributed by atoms with Crippen LogP contribution >= 0.6 is 0 Å². The van der Waals surface area contributed by atoms with Gasteiger partial charge in [-0.3, -0.25) is 10.1 Å². The van der Waals surface area contributed by atoms with Gasteiger partial charge in [0.1, 0.15) is 17.5 Å². The van der Waals surface area contributed by atoms with Crippen molar-refractivity contribution in [1.29, 1.82) is 0 Å². The van der Waals surface area contributed by atoms with Gasteiger partial charge in [0.05, 0.1) is 6.10 Å². The summed E-state index contributed by atoms with van der Waals surface area (Å²) < 4.78 is 6.59. The molecular weight excluding hydrogens is 502 g/mol. The first-order chi connectivity index (χ1) is 19.5. The van der Waals surface area contributed by atoms with Crippen molar-refractivity contribution in [3.8, 4) is 5.75 Å². The molecule has 0 bridgehead atoms. The summed E-state index contributed by atoms with van der Waals surface area (Å²) in [5.74, 6) is 0.736. The monoisotopic (exact) mass is 547 g/mol. The molecule has 2 aliphatic heterocycles. The number of hydrogen-bond donors (Lipinski definition) is 5. The Bertz CT molecular complexity index is 1130. The number of fused-ring (bicyclic) bond motifs is 1. The molecule has 1 saturated carbocycles. The summed E-state index contributed by atoms with van der Waals surface area (Å²) in [4.78, 5) is 15.0. The first kappa shape index (κ1) is 28.6. The lowest BCUT2D eigenvalue weighted by atomic mass is 9.85. The topological polar surface area (TPSA) is 97.9 Å². The molecule has 1 aliphatic carbocycles. The Kier molecular flexibility index (Phi) is 9.75. The third-order valence-corrected chi connectivity index (χ3v) is 8.49. The first-order valence-electron chi connectivity index (χ1n) is 15.0. The standard InChI is InChI=1S/C32H45N5O3/c1-2-24-10-11-29-26(20-24)27(21-32(40-29)13-6-7-14-32)34-23-28(38)31(35-22-25-8-4-3-5-9-25)36-30(39)12-17-37-18-15-33-16-19-37/h3-5,8-12,17,20,27-28,31,33-35,38H,2,6-7,13-16,18-19,21-23H2,1H3,(H,36,39)/b17-12+/t27-,28+,31-/m0/s1. The number of nitrogens with zero attached hydrogens (tertiary/aromatic N) is 1. The van der Waals surface area contributed by atoms with Crippen molar-refractivity contribution in [2.75, 3.05) is 32.7 Å². The van der Waals surface area contributed by atoms with Gasteiger partial charge in [-0.15, -0.1) is 0 Å². The molecule has 0 aromatic heterocycles. The van der Waals surface area contributed by atoms with Crippen LogP contribution < -0.4 is 26.0 Å². The molecular formula is C32H45N5O3. The molecule has 0 unspecified atom stereocenters.